The predicted molar refractivity (Wildman–Crippen MR) is 146 cm³/mol. The van der Waals surface area contributed by atoms with Crippen LogP contribution in [0.2, 0.25) is 0 Å². The van der Waals surface area contributed by atoms with Crippen LogP contribution in [0, 0.1) is 19.8 Å². The number of benzene rings is 1. The number of carbonyl (C=O) groups excluding carboxylic acids is 1. The van der Waals surface area contributed by atoms with Gasteiger partial charge in [0.2, 0.25) is 0 Å². The maximum Gasteiger partial charge on any atom is 0.338 e. The van der Waals surface area contributed by atoms with E-state index in [2.05, 4.69) is 40.2 Å². The van der Waals surface area contributed by atoms with Crippen molar-refractivity contribution in [3.05, 3.63) is 69.5 Å². The normalized spacial score (nSPS) is 22.4. The van der Waals surface area contributed by atoms with Gasteiger partial charge >= 0.3 is 5.97 Å². The SMILES string of the molecule is CCc1cc(CCC2(C3CCCC3)OC(=O)C(Cc3nc4nc(C)cc(C)n4n3)=C(O)C2Cl)ccc1CN. The number of aromatic nitrogens is 4. The van der Waals surface area contributed by atoms with Crippen LogP contribution >= 0.6 is 11.6 Å². The van der Waals surface area contributed by atoms with Gasteiger partial charge in [0.05, 0.1) is 5.57 Å². The predicted octanol–water partition coefficient (Wildman–Crippen LogP) is 4.84. The average molecular weight is 538 g/mol. The van der Waals surface area contributed by atoms with Crippen LogP contribution in [0.15, 0.2) is 35.6 Å². The Balaban J connectivity index is 1.44. The summed E-state index contributed by atoms with van der Waals surface area (Å²) in [6, 6.07) is 8.27. The van der Waals surface area contributed by atoms with E-state index in [0.717, 1.165) is 54.6 Å². The van der Waals surface area contributed by atoms with Crippen molar-refractivity contribution >= 4 is 23.3 Å². The van der Waals surface area contributed by atoms with Crippen LogP contribution in [0.3, 0.4) is 0 Å². The summed E-state index contributed by atoms with van der Waals surface area (Å²) in [5.74, 6) is 0.265. The molecule has 0 amide bonds. The molecule has 9 heteroatoms. The highest BCUT2D eigenvalue weighted by Gasteiger charge is 2.54. The minimum absolute atomic E-state index is 0.0247. The van der Waals surface area contributed by atoms with Gasteiger partial charge in [-0.1, -0.05) is 38.0 Å². The van der Waals surface area contributed by atoms with Gasteiger partial charge in [-0.05, 0) is 68.7 Å². The standard InChI is InChI=1S/C29H36ClN5O3/c1-4-20-14-19(9-10-21(20)16-31)11-12-29(22-7-5-6-8-22)26(30)25(36)23(27(37)38-29)15-24-33-28-32-17(2)13-18(3)35(28)34-24/h9-10,13-14,22,26,36H,4-8,11-12,15-16,31H2,1-3H3. The van der Waals surface area contributed by atoms with Crippen molar-refractivity contribution in [3.63, 3.8) is 0 Å². The number of nitrogens with two attached hydrogens (primary N) is 1. The molecule has 8 nitrogen and oxygen atoms in total. The van der Waals surface area contributed by atoms with Crippen molar-refractivity contribution in [2.45, 2.75) is 89.7 Å². The molecule has 202 valence electrons. The molecule has 3 N–H and O–H groups in total. The number of halogens is 1. The highest BCUT2D eigenvalue weighted by Crippen LogP contribution is 2.48. The van der Waals surface area contributed by atoms with Gasteiger partial charge in [-0.25, -0.2) is 14.3 Å². The summed E-state index contributed by atoms with van der Waals surface area (Å²) >= 11 is 7.03. The fraction of sp³-hybridized carbons (Fsp3) is 0.517. The zero-order valence-corrected chi connectivity index (χ0v) is 23.1. The maximum absolute atomic E-state index is 13.5. The van der Waals surface area contributed by atoms with Crippen molar-refractivity contribution < 1.29 is 14.6 Å². The lowest BCUT2D eigenvalue weighted by Crippen LogP contribution is -2.54. The fourth-order valence-electron chi connectivity index (χ4n) is 6.17. The van der Waals surface area contributed by atoms with E-state index in [-0.39, 0.29) is 23.7 Å². The maximum atomic E-state index is 13.5. The van der Waals surface area contributed by atoms with E-state index in [4.69, 9.17) is 22.1 Å². The largest absolute Gasteiger partial charge is 0.510 e. The summed E-state index contributed by atoms with van der Waals surface area (Å²) in [4.78, 5) is 22.4. The molecule has 1 saturated carbocycles. The second-order valence-electron chi connectivity index (χ2n) is 10.7. The van der Waals surface area contributed by atoms with Crippen LogP contribution < -0.4 is 5.73 Å². The molecule has 0 saturated heterocycles. The van der Waals surface area contributed by atoms with Crippen LogP contribution in [0.4, 0.5) is 0 Å². The molecule has 1 fully saturated rings. The average Bonchev–Trinajstić information content (AvgIpc) is 3.58. The first-order chi connectivity index (χ1) is 18.3. The summed E-state index contributed by atoms with van der Waals surface area (Å²) < 4.78 is 7.91. The van der Waals surface area contributed by atoms with E-state index >= 15 is 0 Å². The van der Waals surface area contributed by atoms with E-state index in [0.29, 0.717) is 31.0 Å². The van der Waals surface area contributed by atoms with Gasteiger partial charge in [0, 0.05) is 30.3 Å². The number of cyclic esters (lactones) is 1. The third-order valence-electron chi connectivity index (χ3n) is 8.23. The molecule has 2 unspecified atom stereocenters. The number of fused-ring (bicyclic) bond motifs is 1. The van der Waals surface area contributed by atoms with Gasteiger partial charge in [-0.3, -0.25) is 0 Å². The van der Waals surface area contributed by atoms with Crippen molar-refractivity contribution in [2.24, 2.45) is 11.7 Å². The molecule has 5 rings (SSSR count). The first kappa shape index (κ1) is 26.6. The van der Waals surface area contributed by atoms with Crippen molar-refractivity contribution in [3.8, 4) is 0 Å². The van der Waals surface area contributed by atoms with E-state index < -0.39 is 16.9 Å². The van der Waals surface area contributed by atoms with Gasteiger partial charge in [0.1, 0.15) is 16.7 Å². The Morgan fingerprint density at radius 2 is 1.95 bits per heavy atom. The molecule has 2 aliphatic rings. The van der Waals surface area contributed by atoms with Crippen LogP contribution in [0.25, 0.3) is 5.78 Å². The second-order valence-corrected chi connectivity index (χ2v) is 11.1. The molecule has 0 bridgehead atoms. The monoisotopic (exact) mass is 537 g/mol. The number of hydrogen-bond donors (Lipinski definition) is 2. The van der Waals surface area contributed by atoms with Crippen molar-refractivity contribution in [2.75, 3.05) is 0 Å². The number of aliphatic hydroxyl groups excluding tert-OH is 1. The molecule has 38 heavy (non-hydrogen) atoms. The number of aliphatic hydroxyl groups is 1. The molecule has 1 aromatic carbocycles. The number of ether oxygens (including phenoxy) is 1. The number of hydrogen-bond acceptors (Lipinski definition) is 7. The highest BCUT2D eigenvalue weighted by atomic mass is 35.5. The first-order valence-electron chi connectivity index (χ1n) is 13.6. The molecule has 1 aliphatic heterocycles. The zero-order valence-electron chi connectivity index (χ0n) is 22.3. The van der Waals surface area contributed by atoms with Gasteiger partial charge < -0.3 is 15.6 Å². The smallest absolute Gasteiger partial charge is 0.338 e. The van der Waals surface area contributed by atoms with Crippen LogP contribution in [0.5, 0.6) is 0 Å². The number of esters is 1. The quantitative estimate of drug-likeness (QED) is 0.312. The Hall–Kier alpha value is -2.97. The Bertz CT molecular complexity index is 1390. The lowest BCUT2D eigenvalue weighted by molar-refractivity contribution is -0.166. The Kier molecular flexibility index (Phi) is 7.47. The van der Waals surface area contributed by atoms with Gasteiger partial charge in [0.25, 0.3) is 5.78 Å². The third-order valence-corrected chi connectivity index (χ3v) is 8.80. The molecular weight excluding hydrogens is 502 g/mol. The number of nitrogens with zero attached hydrogens (tertiary/aromatic N) is 4. The van der Waals surface area contributed by atoms with Crippen LogP contribution in [-0.4, -0.2) is 41.6 Å². The first-order valence-corrected chi connectivity index (χ1v) is 14.0. The summed E-state index contributed by atoms with van der Waals surface area (Å²) in [5.41, 5.74) is 10.3. The number of rotatable bonds is 8. The fourth-order valence-corrected chi connectivity index (χ4v) is 6.63. The summed E-state index contributed by atoms with van der Waals surface area (Å²) in [6.45, 7) is 6.44. The van der Waals surface area contributed by atoms with Crippen LogP contribution in [-0.2, 0) is 35.3 Å². The topological polar surface area (TPSA) is 116 Å². The minimum atomic E-state index is -0.969. The lowest BCUT2D eigenvalue weighted by atomic mass is 9.75. The number of alkyl halides is 1. The second kappa shape index (κ2) is 10.7. The number of aryl methyl sites for hydroxylation is 4. The molecule has 2 aromatic heterocycles. The highest BCUT2D eigenvalue weighted by molar-refractivity contribution is 6.24. The molecule has 0 radical (unpaired) electrons. The van der Waals surface area contributed by atoms with E-state index in [1.165, 1.54) is 5.56 Å². The van der Waals surface area contributed by atoms with Crippen molar-refractivity contribution in [1.82, 2.24) is 19.6 Å². The molecule has 0 spiro atoms. The van der Waals surface area contributed by atoms with Gasteiger partial charge in [0.15, 0.2) is 5.82 Å². The molecule has 2 atom stereocenters. The van der Waals surface area contributed by atoms with Crippen molar-refractivity contribution in [1.29, 1.82) is 0 Å². The zero-order chi connectivity index (χ0) is 27.0. The summed E-state index contributed by atoms with van der Waals surface area (Å²) in [6.07, 6.45) is 6.12. The summed E-state index contributed by atoms with van der Waals surface area (Å²) in [5, 5.41) is 15.0. The Morgan fingerprint density at radius 3 is 2.66 bits per heavy atom. The summed E-state index contributed by atoms with van der Waals surface area (Å²) in [7, 11) is 0. The van der Waals surface area contributed by atoms with E-state index in [1.54, 1.807) is 4.52 Å². The molecule has 3 aromatic rings. The molecule has 3 heterocycles. The Labute approximate surface area is 228 Å². The minimum Gasteiger partial charge on any atom is -0.510 e. The lowest BCUT2D eigenvalue weighted by Gasteiger charge is -2.45. The van der Waals surface area contributed by atoms with Gasteiger partial charge in [-0.15, -0.1) is 16.7 Å². The van der Waals surface area contributed by atoms with Gasteiger partial charge in [-0.2, -0.15) is 4.98 Å². The molecule has 1 aliphatic carbocycles. The van der Waals surface area contributed by atoms with Crippen LogP contribution in [0.1, 0.15) is 72.9 Å². The van der Waals surface area contributed by atoms with E-state index in [9.17, 15) is 9.90 Å². The van der Waals surface area contributed by atoms with E-state index in [1.807, 2.05) is 19.9 Å². The number of carbonyl (C=O) groups is 1. The Morgan fingerprint density at radius 1 is 1.18 bits per heavy atom. The molecular formula is C29H36ClN5O3. The third kappa shape index (κ3) is 4.80.